The van der Waals surface area contributed by atoms with Crippen molar-refractivity contribution in [2.75, 3.05) is 12.3 Å². The highest BCUT2D eigenvalue weighted by molar-refractivity contribution is 5.31. The molecule has 0 unspecified atom stereocenters. The van der Waals surface area contributed by atoms with Gasteiger partial charge in [0.05, 0.1) is 30.6 Å². The Morgan fingerprint density at radius 2 is 2.20 bits per heavy atom. The van der Waals surface area contributed by atoms with Crippen molar-refractivity contribution in [1.29, 1.82) is 0 Å². The molecular formula is C10H17N3O2. The molecule has 0 amide bonds. The summed E-state index contributed by atoms with van der Waals surface area (Å²) < 4.78 is 6.82. The minimum absolute atomic E-state index is 0.197. The monoisotopic (exact) mass is 211 g/mol. The van der Waals surface area contributed by atoms with Crippen molar-refractivity contribution in [2.45, 2.75) is 32.9 Å². The second kappa shape index (κ2) is 4.44. The molecule has 1 rings (SSSR count). The Morgan fingerprint density at radius 3 is 2.73 bits per heavy atom. The van der Waals surface area contributed by atoms with Crippen LogP contribution in [0.4, 0.5) is 5.69 Å². The summed E-state index contributed by atoms with van der Waals surface area (Å²) in [5, 5.41) is 3.90. The number of ether oxygens (including phenoxy) is 1. The molecule has 0 fully saturated rings. The number of nitrogens with two attached hydrogens (primary N) is 1. The highest BCUT2D eigenvalue weighted by Crippen LogP contribution is 2.05. The van der Waals surface area contributed by atoms with Gasteiger partial charge in [-0.2, -0.15) is 5.10 Å². The van der Waals surface area contributed by atoms with Crippen molar-refractivity contribution >= 4 is 5.69 Å². The molecule has 0 aliphatic carbocycles. The fraction of sp³-hybridized carbons (Fsp3) is 0.600. The van der Waals surface area contributed by atoms with Crippen LogP contribution in [0.5, 0.6) is 0 Å². The summed E-state index contributed by atoms with van der Waals surface area (Å²) in [5.74, 6) is 0. The van der Waals surface area contributed by atoms with Gasteiger partial charge >= 0.3 is 0 Å². The zero-order valence-corrected chi connectivity index (χ0v) is 9.36. The summed E-state index contributed by atoms with van der Waals surface area (Å²) in [6.45, 7) is 6.79. The Labute approximate surface area is 88.9 Å². The Bertz CT molecular complexity index is 379. The van der Waals surface area contributed by atoms with E-state index in [-0.39, 0.29) is 11.2 Å². The molecule has 5 heteroatoms. The van der Waals surface area contributed by atoms with E-state index < -0.39 is 0 Å². The van der Waals surface area contributed by atoms with Gasteiger partial charge in [0.25, 0.3) is 5.56 Å². The number of rotatable bonds is 3. The van der Waals surface area contributed by atoms with Gasteiger partial charge < -0.3 is 10.5 Å². The first-order valence-corrected chi connectivity index (χ1v) is 4.85. The van der Waals surface area contributed by atoms with Crippen LogP contribution in [0.15, 0.2) is 17.1 Å². The summed E-state index contributed by atoms with van der Waals surface area (Å²) in [5.41, 5.74) is 5.40. The Hall–Kier alpha value is -1.36. The van der Waals surface area contributed by atoms with Crippen LogP contribution < -0.4 is 11.3 Å². The quantitative estimate of drug-likeness (QED) is 0.796. The molecule has 5 nitrogen and oxygen atoms in total. The third kappa shape index (κ3) is 4.12. The lowest BCUT2D eigenvalue weighted by Crippen LogP contribution is -2.27. The van der Waals surface area contributed by atoms with Gasteiger partial charge in [0, 0.05) is 6.07 Å². The molecule has 0 radical (unpaired) electrons. The van der Waals surface area contributed by atoms with Crippen molar-refractivity contribution < 1.29 is 4.74 Å². The maximum atomic E-state index is 11.4. The van der Waals surface area contributed by atoms with E-state index in [1.165, 1.54) is 16.9 Å². The van der Waals surface area contributed by atoms with E-state index in [1.807, 2.05) is 20.8 Å². The summed E-state index contributed by atoms with van der Waals surface area (Å²) >= 11 is 0. The Balaban J connectivity index is 2.55. The third-order valence-corrected chi connectivity index (χ3v) is 1.73. The SMILES string of the molecule is CC(C)(C)OCCn1ncc(N)cc1=O. The number of nitrogens with zero attached hydrogens (tertiary/aromatic N) is 2. The fourth-order valence-electron chi connectivity index (χ4n) is 1.05. The number of hydrogen-bond donors (Lipinski definition) is 1. The zero-order valence-electron chi connectivity index (χ0n) is 9.36. The fourth-order valence-corrected chi connectivity index (χ4v) is 1.05. The second-order valence-corrected chi connectivity index (χ2v) is 4.31. The lowest BCUT2D eigenvalue weighted by Gasteiger charge is -2.19. The van der Waals surface area contributed by atoms with Gasteiger partial charge in [-0.15, -0.1) is 0 Å². The topological polar surface area (TPSA) is 70.1 Å². The van der Waals surface area contributed by atoms with E-state index in [4.69, 9.17) is 10.5 Å². The van der Waals surface area contributed by atoms with Crippen molar-refractivity contribution in [2.24, 2.45) is 0 Å². The molecule has 15 heavy (non-hydrogen) atoms. The van der Waals surface area contributed by atoms with Crippen LogP contribution in [0.2, 0.25) is 0 Å². The smallest absolute Gasteiger partial charge is 0.268 e. The highest BCUT2D eigenvalue weighted by atomic mass is 16.5. The molecule has 1 aromatic rings. The van der Waals surface area contributed by atoms with Gasteiger partial charge in [0.2, 0.25) is 0 Å². The molecule has 0 spiro atoms. The number of anilines is 1. The van der Waals surface area contributed by atoms with E-state index in [0.717, 1.165) is 0 Å². The van der Waals surface area contributed by atoms with Crippen LogP contribution in [0, 0.1) is 0 Å². The van der Waals surface area contributed by atoms with Crippen molar-refractivity contribution in [3.8, 4) is 0 Å². The van der Waals surface area contributed by atoms with Gasteiger partial charge in [0.1, 0.15) is 0 Å². The average molecular weight is 211 g/mol. The standard InChI is InChI=1S/C10H17N3O2/c1-10(2,3)15-5-4-13-9(14)6-8(11)7-12-13/h6-7H,4-5,11H2,1-3H3. The van der Waals surface area contributed by atoms with Crippen LogP contribution in [0.1, 0.15) is 20.8 Å². The molecule has 0 aliphatic rings. The first kappa shape index (κ1) is 11.7. The largest absolute Gasteiger partial charge is 0.397 e. The van der Waals surface area contributed by atoms with Gasteiger partial charge in [0.15, 0.2) is 0 Å². The van der Waals surface area contributed by atoms with E-state index >= 15 is 0 Å². The van der Waals surface area contributed by atoms with Crippen LogP contribution >= 0.6 is 0 Å². The van der Waals surface area contributed by atoms with Crippen LogP contribution in [-0.2, 0) is 11.3 Å². The normalized spacial score (nSPS) is 11.7. The van der Waals surface area contributed by atoms with Gasteiger partial charge in [-0.3, -0.25) is 4.79 Å². The minimum Gasteiger partial charge on any atom is -0.397 e. The second-order valence-electron chi connectivity index (χ2n) is 4.31. The predicted octanol–water partition coefficient (Wildman–Crippen LogP) is 0.641. The number of nitrogen functional groups attached to an aromatic ring is 1. The van der Waals surface area contributed by atoms with E-state index in [1.54, 1.807) is 0 Å². The first-order valence-electron chi connectivity index (χ1n) is 4.85. The number of hydrogen-bond acceptors (Lipinski definition) is 4. The summed E-state index contributed by atoms with van der Waals surface area (Å²) in [7, 11) is 0. The highest BCUT2D eigenvalue weighted by Gasteiger charge is 2.09. The summed E-state index contributed by atoms with van der Waals surface area (Å²) in [6, 6.07) is 1.35. The maximum absolute atomic E-state index is 11.4. The lowest BCUT2D eigenvalue weighted by molar-refractivity contribution is -0.00835. The molecule has 0 aliphatic heterocycles. The number of aromatic nitrogens is 2. The zero-order chi connectivity index (χ0) is 11.5. The van der Waals surface area contributed by atoms with Crippen molar-refractivity contribution in [3.05, 3.63) is 22.6 Å². The molecule has 84 valence electrons. The molecule has 0 atom stereocenters. The van der Waals surface area contributed by atoms with E-state index in [0.29, 0.717) is 18.8 Å². The molecule has 0 bridgehead atoms. The summed E-state index contributed by atoms with van der Waals surface area (Å²) in [4.78, 5) is 11.4. The Kier molecular flexibility index (Phi) is 3.47. The minimum atomic E-state index is -0.201. The predicted molar refractivity (Wildman–Crippen MR) is 58.6 cm³/mol. The maximum Gasteiger partial charge on any atom is 0.268 e. The van der Waals surface area contributed by atoms with E-state index in [2.05, 4.69) is 5.10 Å². The van der Waals surface area contributed by atoms with Crippen LogP contribution in [0.3, 0.4) is 0 Å². The molecule has 0 saturated heterocycles. The molecule has 1 heterocycles. The van der Waals surface area contributed by atoms with Gasteiger partial charge in [-0.05, 0) is 20.8 Å². The average Bonchev–Trinajstić information content (AvgIpc) is 2.07. The molecule has 2 N–H and O–H groups in total. The van der Waals surface area contributed by atoms with Gasteiger partial charge in [-0.25, -0.2) is 4.68 Å². The van der Waals surface area contributed by atoms with Crippen molar-refractivity contribution in [3.63, 3.8) is 0 Å². The van der Waals surface area contributed by atoms with E-state index in [9.17, 15) is 4.79 Å². The third-order valence-electron chi connectivity index (χ3n) is 1.73. The Morgan fingerprint density at radius 1 is 1.53 bits per heavy atom. The summed E-state index contributed by atoms with van der Waals surface area (Å²) in [6.07, 6.45) is 1.46. The van der Waals surface area contributed by atoms with Crippen LogP contribution in [0.25, 0.3) is 0 Å². The molecule has 0 saturated carbocycles. The van der Waals surface area contributed by atoms with Gasteiger partial charge in [-0.1, -0.05) is 0 Å². The first-order chi connectivity index (χ1) is 6.88. The molecular weight excluding hydrogens is 194 g/mol. The van der Waals surface area contributed by atoms with Crippen molar-refractivity contribution in [1.82, 2.24) is 9.78 Å². The lowest BCUT2D eigenvalue weighted by atomic mass is 10.2. The molecule has 0 aromatic carbocycles. The van der Waals surface area contributed by atoms with Crippen LogP contribution in [-0.4, -0.2) is 22.0 Å². The molecule has 1 aromatic heterocycles.